The number of amides is 1. The molecule has 2 aromatic rings. The third kappa shape index (κ3) is 3.04. The van der Waals surface area contributed by atoms with Crippen LogP contribution in [-0.4, -0.2) is 17.4 Å². The van der Waals surface area contributed by atoms with E-state index in [0.29, 0.717) is 18.7 Å². The van der Waals surface area contributed by atoms with E-state index in [1.165, 1.54) is 29.5 Å². The fraction of sp³-hybridized carbons (Fsp3) is 0.167. The minimum Gasteiger partial charge on any atom is -0.399 e. The third-order valence-corrected chi connectivity index (χ3v) is 3.02. The average molecular weight is 265 g/mol. The number of aromatic nitrogens is 1. The molecule has 1 heterocycles. The Balaban J connectivity index is 1.93. The topological polar surface area (TPSA) is 68.0 Å². The molecular formula is C12H12FN3OS. The SMILES string of the molecule is Nc1ccc(F)c(C(=O)NCCc2cscn2)c1. The smallest absolute Gasteiger partial charge is 0.254 e. The normalized spacial score (nSPS) is 10.3. The highest BCUT2D eigenvalue weighted by Gasteiger charge is 2.11. The highest BCUT2D eigenvalue weighted by Crippen LogP contribution is 2.11. The molecule has 0 aliphatic heterocycles. The molecule has 1 aromatic carbocycles. The zero-order chi connectivity index (χ0) is 13.0. The van der Waals surface area contributed by atoms with Crippen molar-refractivity contribution in [2.45, 2.75) is 6.42 Å². The zero-order valence-corrected chi connectivity index (χ0v) is 10.3. The van der Waals surface area contributed by atoms with Crippen molar-refractivity contribution >= 4 is 22.9 Å². The molecule has 0 unspecified atom stereocenters. The molecular weight excluding hydrogens is 253 g/mol. The fourth-order valence-corrected chi connectivity index (χ4v) is 2.07. The lowest BCUT2D eigenvalue weighted by Crippen LogP contribution is -2.26. The Bertz CT molecular complexity index is 542. The van der Waals surface area contributed by atoms with E-state index in [1.807, 2.05) is 5.38 Å². The monoisotopic (exact) mass is 265 g/mol. The maximum Gasteiger partial charge on any atom is 0.254 e. The Hall–Kier alpha value is -1.95. The lowest BCUT2D eigenvalue weighted by molar-refractivity contribution is 0.0950. The maximum atomic E-state index is 13.4. The molecule has 0 bridgehead atoms. The lowest BCUT2D eigenvalue weighted by Gasteiger charge is -2.06. The molecule has 4 nitrogen and oxygen atoms in total. The van der Waals surface area contributed by atoms with Gasteiger partial charge in [0.1, 0.15) is 5.82 Å². The zero-order valence-electron chi connectivity index (χ0n) is 9.52. The van der Waals surface area contributed by atoms with Crippen molar-refractivity contribution in [2.24, 2.45) is 0 Å². The third-order valence-electron chi connectivity index (χ3n) is 2.39. The molecule has 0 radical (unpaired) electrons. The first-order chi connectivity index (χ1) is 8.66. The molecule has 1 amide bonds. The van der Waals surface area contributed by atoms with Gasteiger partial charge in [-0.25, -0.2) is 9.37 Å². The van der Waals surface area contributed by atoms with Gasteiger partial charge in [0.05, 0.1) is 16.8 Å². The number of benzene rings is 1. The molecule has 94 valence electrons. The van der Waals surface area contributed by atoms with Gasteiger partial charge in [0.2, 0.25) is 0 Å². The summed E-state index contributed by atoms with van der Waals surface area (Å²) < 4.78 is 13.4. The van der Waals surface area contributed by atoms with Crippen LogP contribution in [0.2, 0.25) is 0 Å². The number of nitrogen functional groups attached to an aromatic ring is 1. The number of hydrogen-bond acceptors (Lipinski definition) is 4. The second-order valence-electron chi connectivity index (χ2n) is 3.72. The van der Waals surface area contributed by atoms with Gasteiger partial charge in [-0.1, -0.05) is 0 Å². The van der Waals surface area contributed by atoms with E-state index in [4.69, 9.17) is 5.73 Å². The molecule has 0 aliphatic carbocycles. The van der Waals surface area contributed by atoms with E-state index in [0.717, 1.165) is 5.69 Å². The van der Waals surface area contributed by atoms with Crippen LogP contribution in [0.1, 0.15) is 16.1 Å². The Labute approximate surface area is 108 Å². The van der Waals surface area contributed by atoms with E-state index in [9.17, 15) is 9.18 Å². The van der Waals surface area contributed by atoms with Gasteiger partial charge in [-0.2, -0.15) is 0 Å². The number of carbonyl (C=O) groups excluding carboxylic acids is 1. The number of thiazole rings is 1. The van der Waals surface area contributed by atoms with Crippen molar-refractivity contribution in [3.05, 3.63) is 46.2 Å². The van der Waals surface area contributed by atoms with Crippen LogP contribution < -0.4 is 11.1 Å². The minimum absolute atomic E-state index is 0.0340. The molecule has 2 rings (SSSR count). The first-order valence-electron chi connectivity index (χ1n) is 5.37. The number of halogens is 1. The van der Waals surface area contributed by atoms with Crippen LogP contribution in [0.5, 0.6) is 0 Å². The van der Waals surface area contributed by atoms with Gasteiger partial charge >= 0.3 is 0 Å². The minimum atomic E-state index is -0.574. The average Bonchev–Trinajstić information content (AvgIpc) is 2.85. The number of rotatable bonds is 4. The molecule has 0 fully saturated rings. The Morgan fingerprint density at radius 3 is 3.06 bits per heavy atom. The van der Waals surface area contributed by atoms with Gasteiger partial charge in [0, 0.05) is 24.0 Å². The number of anilines is 1. The Morgan fingerprint density at radius 2 is 2.33 bits per heavy atom. The molecule has 0 aliphatic rings. The van der Waals surface area contributed by atoms with Crippen LogP contribution in [-0.2, 0) is 6.42 Å². The maximum absolute atomic E-state index is 13.4. The van der Waals surface area contributed by atoms with Gasteiger partial charge in [-0.15, -0.1) is 11.3 Å². The van der Waals surface area contributed by atoms with Gasteiger partial charge in [-0.05, 0) is 18.2 Å². The molecule has 3 N–H and O–H groups in total. The Morgan fingerprint density at radius 1 is 1.50 bits per heavy atom. The number of hydrogen-bond donors (Lipinski definition) is 2. The summed E-state index contributed by atoms with van der Waals surface area (Å²) in [5.74, 6) is -1.04. The molecule has 1 aromatic heterocycles. The number of nitrogens with two attached hydrogens (primary N) is 1. The van der Waals surface area contributed by atoms with E-state index in [1.54, 1.807) is 5.51 Å². The lowest BCUT2D eigenvalue weighted by atomic mass is 10.1. The van der Waals surface area contributed by atoms with Crippen molar-refractivity contribution in [1.29, 1.82) is 0 Å². The van der Waals surface area contributed by atoms with Crippen LogP contribution in [0.4, 0.5) is 10.1 Å². The molecule has 6 heteroatoms. The van der Waals surface area contributed by atoms with Crippen molar-refractivity contribution in [1.82, 2.24) is 10.3 Å². The van der Waals surface area contributed by atoms with Crippen molar-refractivity contribution < 1.29 is 9.18 Å². The summed E-state index contributed by atoms with van der Waals surface area (Å²) in [6.07, 6.45) is 0.624. The second kappa shape index (κ2) is 5.59. The molecule has 0 saturated heterocycles. The van der Waals surface area contributed by atoms with E-state index >= 15 is 0 Å². The summed E-state index contributed by atoms with van der Waals surface area (Å²) in [7, 11) is 0. The van der Waals surface area contributed by atoms with Crippen molar-refractivity contribution in [3.63, 3.8) is 0 Å². The van der Waals surface area contributed by atoms with Gasteiger partial charge in [0.25, 0.3) is 5.91 Å². The van der Waals surface area contributed by atoms with Gasteiger partial charge < -0.3 is 11.1 Å². The van der Waals surface area contributed by atoms with Crippen LogP contribution in [0, 0.1) is 5.82 Å². The van der Waals surface area contributed by atoms with Crippen LogP contribution in [0.25, 0.3) is 0 Å². The van der Waals surface area contributed by atoms with Crippen LogP contribution in [0.3, 0.4) is 0 Å². The first kappa shape index (κ1) is 12.5. The van der Waals surface area contributed by atoms with Crippen LogP contribution in [0.15, 0.2) is 29.1 Å². The number of carbonyl (C=O) groups is 1. The van der Waals surface area contributed by atoms with Gasteiger partial charge in [0.15, 0.2) is 0 Å². The summed E-state index contributed by atoms with van der Waals surface area (Å²) in [5, 5.41) is 4.55. The molecule has 18 heavy (non-hydrogen) atoms. The summed E-state index contributed by atoms with van der Waals surface area (Å²) in [4.78, 5) is 15.8. The highest BCUT2D eigenvalue weighted by atomic mass is 32.1. The quantitative estimate of drug-likeness (QED) is 0.829. The Kier molecular flexibility index (Phi) is 3.88. The summed E-state index contributed by atoms with van der Waals surface area (Å²) in [6.45, 7) is 0.413. The van der Waals surface area contributed by atoms with Crippen LogP contribution >= 0.6 is 11.3 Å². The number of nitrogens with zero attached hydrogens (tertiary/aromatic N) is 1. The fourth-order valence-electron chi connectivity index (χ4n) is 1.48. The summed E-state index contributed by atoms with van der Waals surface area (Å²) in [5.41, 5.74) is 8.49. The molecule has 0 spiro atoms. The molecule has 0 saturated carbocycles. The van der Waals surface area contributed by atoms with E-state index in [2.05, 4.69) is 10.3 Å². The predicted molar refractivity (Wildman–Crippen MR) is 69.0 cm³/mol. The number of nitrogens with one attached hydrogen (secondary N) is 1. The summed E-state index contributed by atoms with van der Waals surface area (Å²) >= 11 is 1.50. The largest absolute Gasteiger partial charge is 0.399 e. The summed E-state index contributed by atoms with van der Waals surface area (Å²) in [6, 6.07) is 3.93. The predicted octanol–water partition coefficient (Wildman–Crippen LogP) is 1.84. The van der Waals surface area contributed by atoms with Crippen molar-refractivity contribution in [3.8, 4) is 0 Å². The second-order valence-corrected chi connectivity index (χ2v) is 4.44. The van der Waals surface area contributed by atoms with E-state index < -0.39 is 11.7 Å². The highest BCUT2D eigenvalue weighted by molar-refractivity contribution is 7.07. The van der Waals surface area contributed by atoms with E-state index in [-0.39, 0.29) is 5.56 Å². The van der Waals surface area contributed by atoms with Gasteiger partial charge in [-0.3, -0.25) is 4.79 Å². The van der Waals surface area contributed by atoms with Crippen molar-refractivity contribution in [2.75, 3.05) is 12.3 Å². The standard InChI is InChI=1S/C12H12FN3OS/c13-11-2-1-8(14)5-10(11)12(17)15-4-3-9-6-18-7-16-9/h1-2,5-7H,3-4,14H2,(H,15,17). The molecule has 0 atom stereocenters. The first-order valence-corrected chi connectivity index (χ1v) is 6.31.